The number of aromatic nitrogens is 2. The fourth-order valence-electron chi connectivity index (χ4n) is 3.04. The molecule has 1 amide bonds. The number of thioether (sulfide) groups is 1. The van der Waals surface area contributed by atoms with E-state index in [2.05, 4.69) is 48.4 Å². The molecule has 0 unspecified atom stereocenters. The van der Waals surface area contributed by atoms with Gasteiger partial charge in [0.15, 0.2) is 0 Å². The van der Waals surface area contributed by atoms with Crippen molar-refractivity contribution in [2.24, 2.45) is 0 Å². The zero-order valence-corrected chi connectivity index (χ0v) is 18.1. The molecule has 0 saturated heterocycles. The van der Waals surface area contributed by atoms with Gasteiger partial charge in [-0.2, -0.15) is 0 Å². The van der Waals surface area contributed by atoms with Gasteiger partial charge in [-0.25, -0.2) is 0 Å². The molecule has 0 saturated carbocycles. The highest BCUT2D eigenvalue weighted by Crippen LogP contribution is 2.27. The van der Waals surface area contributed by atoms with Crippen LogP contribution < -0.4 is 5.32 Å². The van der Waals surface area contributed by atoms with Crippen LogP contribution in [0.3, 0.4) is 0 Å². The van der Waals surface area contributed by atoms with Crippen LogP contribution >= 0.6 is 11.8 Å². The molecule has 6 heteroatoms. The van der Waals surface area contributed by atoms with Crippen LogP contribution in [0.25, 0.3) is 11.5 Å². The average Bonchev–Trinajstić information content (AvgIpc) is 3.19. The Hall–Kier alpha value is -2.60. The summed E-state index contributed by atoms with van der Waals surface area (Å²) in [6.45, 7) is 8.71. The van der Waals surface area contributed by atoms with Crippen LogP contribution in [0.5, 0.6) is 0 Å². The number of aryl methyl sites for hydroxylation is 2. The predicted octanol–water partition coefficient (Wildman–Crippen LogP) is 5.14. The van der Waals surface area contributed by atoms with Crippen LogP contribution in [0, 0.1) is 13.8 Å². The first-order valence-electron chi connectivity index (χ1n) is 9.88. The van der Waals surface area contributed by atoms with E-state index < -0.39 is 0 Å². The predicted molar refractivity (Wildman–Crippen MR) is 117 cm³/mol. The van der Waals surface area contributed by atoms with Crippen LogP contribution in [-0.4, -0.2) is 27.9 Å². The van der Waals surface area contributed by atoms with Crippen molar-refractivity contribution in [3.05, 3.63) is 65.2 Å². The molecule has 0 bridgehead atoms. The molecule has 1 N–H and O–H groups in total. The van der Waals surface area contributed by atoms with Gasteiger partial charge in [0.2, 0.25) is 11.8 Å². The van der Waals surface area contributed by atoms with Crippen LogP contribution in [0.2, 0.25) is 0 Å². The second kappa shape index (κ2) is 9.74. The lowest BCUT2D eigenvalue weighted by Gasteiger charge is -2.17. The Balaban J connectivity index is 1.57. The quantitative estimate of drug-likeness (QED) is 0.522. The minimum Gasteiger partial charge on any atom is -0.411 e. The molecule has 0 aliphatic carbocycles. The number of nitrogens with zero attached hydrogens (tertiary/aromatic N) is 2. The van der Waals surface area contributed by atoms with Crippen LogP contribution in [0.15, 0.2) is 58.2 Å². The molecule has 3 aromatic rings. The Morgan fingerprint density at radius 3 is 2.55 bits per heavy atom. The smallest absolute Gasteiger partial charge is 0.277 e. The third kappa shape index (κ3) is 5.48. The number of benzene rings is 2. The molecule has 3 rings (SSSR count). The summed E-state index contributed by atoms with van der Waals surface area (Å²) in [6, 6.07) is 16.3. The van der Waals surface area contributed by atoms with Crippen molar-refractivity contribution in [1.29, 1.82) is 0 Å². The van der Waals surface area contributed by atoms with E-state index in [1.54, 1.807) is 0 Å². The van der Waals surface area contributed by atoms with E-state index >= 15 is 0 Å². The minimum absolute atomic E-state index is 0.0321. The first-order valence-corrected chi connectivity index (χ1v) is 10.8. The van der Waals surface area contributed by atoms with E-state index in [9.17, 15) is 4.79 Å². The fraction of sp³-hybridized carbons (Fsp3) is 0.348. The molecule has 0 spiro atoms. The van der Waals surface area contributed by atoms with Gasteiger partial charge in [0.25, 0.3) is 5.22 Å². The first kappa shape index (κ1) is 21.1. The number of carbonyl (C=O) groups excluding carboxylic acids is 1. The van der Waals surface area contributed by atoms with Crippen molar-refractivity contribution in [2.45, 2.75) is 50.5 Å². The molecular weight excluding hydrogens is 382 g/mol. The van der Waals surface area contributed by atoms with Gasteiger partial charge in [-0.3, -0.25) is 4.79 Å². The fourth-order valence-corrected chi connectivity index (χ4v) is 3.75. The molecule has 152 valence electrons. The molecule has 0 radical (unpaired) electrons. The Kier molecular flexibility index (Phi) is 7.09. The van der Waals surface area contributed by atoms with Crippen molar-refractivity contribution in [1.82, 2.24) is 15.5 Å². The summed E-state index contributed by atoms with van der Waals surface area (Å²) in [5.74, 6) is 0.741. The molecule has 0 fully saturated rings. The Bertz CT molecular complexity index is 956. The molecule has 5 nitrogen and oxygen atoms in total. The number of nitrogens with one attached hydrogen (secondary N) is 1. The van der Waals surface area contributed by atoms with Crippen molar-refractivity contribution >= 4 is 17.7 Å². The first-order chi connectivity index (χ1) is 14.0. The number of amides is 1. The lowest BCUT2D eigenvalue weighted by atomic mass is 9.96. The number of hydrogen-bond donors (Lipinski definition) is 1. The Morgan fingerprint density at radius 2 is 1.86 bits per heavy atom. The zero-order chi connectivity index (χ0) is 20.8. The standard InChI is InChI=1S/C23H27N3O2S/c1-5-18(19-9-7-6-8-10-19)14-24-21(27)17(4)29-23-26-25-22(28-23)20-12-11-15(2)16(3)13-20/h6-13,17-18H,5,14H2,1-4H3,(H,24,27)/t17-,18-/m0/s1. The maximum absolute atomic E-state index is 12.5. The lowest BCUT2D eigenvalue weighted by molar-refractivity contribution is -0.120. The highest BCUT2D eigenvalue weighted by Gasteiger charge is 2.20. The molecule has 0 aliphatic rings. The number of carbonyl (C=O) groups is 1. The highest BCUT2D eigenvalue weighted by atomic mass is 32.2. The average molecular weight is 410 g/mol. The maximum Gasteiger partial charge on any atom is 0.277 e. The summed E-state index contributed by atoms with van der Waals surface area (Å²) in [5, 5.41) is 11.4. The van der Waals surface area contributed by atoms with Crippen molar-refractivity contribution in [2.75, 3.05) is 6.54 Å². The van der Waals surface area contributed by atoms with Crippen molar-refractivity contribution in [3.63, 3.8) is 0 Å². The minimum atomic E-state index is -0.323. The molecule has 2 atom stereocenters. The van der Waals surface area contributed by atoms with E-state index in [-0.39, 0.29) is 11.2 Å². The normalized spacial score (nSPS) is 13.1. The van der Waals surface area contributed by atoms with Gasteiger partial charge in [0.1, 0.15) is 0 Å². The summed E-state index contributed by atoms with van der Waals surface area (Å²) >= 11 is 1.28. The zero-order valence-electron chi connectivity index (χ0n) is 17.3. The number of rotatable bonds is 8. The third-order valence-corrected chi connectivity index (χ3v) is 6.03. The molecule has 29 heavy (non-hydrogen) atoms. The monoisotopic (exact) mass is 409 g/mol. The van der Waals surface area contributed by atoms with E-state index in [4.69, 9.17) is 4.42 Å². The molecule has 0 aliphatic heterocycles. The van der Waals surface area contributed by atoms with Gasteiger partial charge in [-0.15, -0.1) is 10.2 Å². The molecule has 2 aromatic carbocycles. The maximum atomic E-state index is 12.5. The SMILES string of the molecule is CC[C@@H](CNC(=O)[C@H](C)Sc1nnc(-c2ccc(C)c(C)c2)o1)c1ccccc1. The Morgan fingerprint density at radius 1 is 1.10 bits per heavy atom. The summed E-state index contributed by atoms with van der Waals surface area (Å²) < 4.78 is 5.76. The molecule has 1 heterocycles. The second-order valence-corrected chi connectivity index (χ2v) is 8.49. The van der Waals surface area contributed by atoms with Gasteiger partial charge in [-0.05, 0) is 56.0 Å². The van der Waals surface area contributed by atoms with Crippen LogP contribution in [0.1, 0.15) is 42.9 Å². The summed E-state index contributed by atoms with van der Waals surface area (Å²) in [6.07, 6.45) is 0.967. The highest BCUT2D eigenvalue weighted by molar-refractivity contribution is 8.00. The van der Waals surface area contributed by atoms with Crippen LogP contribution in [0.4, 0.5) is 0 Å². The second-order valence-electron chi connectivity index (χ2n) is 7.19. The van der Waals surface area contributed by atoms with E-state index in [0.29, 0.717) is 23.6 Å². The van der Waals surface area contributed by atoms with Crippen LogP contribution in [-0.2, 0) is 4.79 Å². The van der Waals surface area contributed by atoms with Gasteiger partial charge in [0.05, 0.1) is 5.25 Å². The van der Waals surface area contributed by atoms with E-state index in [1.165, 1.54) is 28.5 Å². The van der Waals surface area contributed by atoms with Gasteiger partial charge in [0, 0.05) is 18.0 Å². The topological polar surface area (TPSA) is 68.0 Å². The summed E-state index contributed by atoms with van der Waals surface area (Å²) in [4.78, 5) is 12.5. The van der Waals surface area contributed by atoms with Crippen molar-refractivity contribution < 1.29 is 9.21 Å². The number of hydrogen-bond acceptors (Lipinski definition) is 5. The summed E-state index contributed by atoms with van der Waals surface area (Å²) in [5.41, 5.74) is 4.52. The van der Waals surface area contributed by atoms with Crippen molar-refractivity contribution in [3.8, 4) is 11.5 Å². The summed E-state index contributed by atoms with van der Waals surface area (Å²) in [7, 11) is 0. The van der Waals surface area contributed by atoms with Gasteiger partial charge < -0.3 is 9.73 Å². The Labute approximate surface area is 176 Å². The lowest BCUT2D eigenvalue weighted by Crippen LogP contribution is -2.34. The van der Waals surface area contributed by atoms with Gasteiger partial charge >= 0.3 is 0 Å². The molecular formula is C23H27N3O2S. The third-order valence-electron chi connectivity index (χ3n) is 5.09. The van der Waals surface area contributed by atoms with E-state index in [0.717, 1.165) is 12.0 Å². The van der Waals surface area contributed by atoms with E-state index in [1.807, 2.05) is 43.3 Å². The molecule has 1 aromatic heterocycles. The van der Waals surface area contributed by atoms with Gasteiger partial charge in [-0.1, -0.05) is 55.1 Å². The largest absolute Gasteiger partial charge is 0.411 e.